The van der Waals surface area contributed by atoms with E-state index < -0.39 is 0 Å². The quantitative estimate of drug-likeness (QED) is 0.853. The zero-order valence-electron chi connectivity index (χ0n) is 10.1. The molecule has 2 N–H and O–H groups in total. The second-order valence-corrected chi connectivity index (χ2v) is 4.13. The molecule has 0 saturated carbocycles. The maximum Gasteiger partial charge on any atom is 0.259 e. The summed E-state index contributed by atoms with van der Waals surface area (Å²) in [6, 6.07) is 9.56. The fourth-order valence-corrected chi connectivity index (χ4v) is 1.88. The minimum absolute atomic E-state index is 0.0382. The second kappa shape index (κ2) is 4.55. The summed E-state index contributed by atoms with van der Waals surface area (Å²) in [4.78, 5) is 12.1. The van der Waals surface area contributed by atoms with E-state index in [0.29, 0.717) is 5.56 Å². The molecule has 0 unspecified atom stereocenters. The van der Waals surface area contributed by atoms with Gasteiger partial charge in [-0.05, 0) is 37.1 Å². The minimum atomic E-state index is -0.0382. The number of aromatic nitrogens is 1. The smallest absolute Gasteiger partial charge is 0.259 e. The highest BCUT2D eigenvalue weighted by Crippen LogP contribution is 2.15. The van der Waals surface area contributed by atoms with Crippen LogP contribution >= 0.6 is 0 Å². The summed E-state index contributed by atoms with van der Waals surface area (Å²) in [5.74, 6) is 0. The molecule has 0 bridgehead atoms. The molecule has 17 heavy (non-hydrogen) atoms. The Morgan fingerprint density at radius 1 is 1.18 bits per heavy atom. The molecule has 3 heteroatoms. The van der Waals surface area contributed by atoms with Gasteiger partial charge in [0.2, 0.25) is 0 Å². The SMILES string of the molecule is Cc1cccc(-n2cccc(CN)c2=O)c1C. The average Bonchev–Trinajstić information content (AvgIpc) is 2.33. The summed E-state index contributed by atoms with van der Waals surface area (Å²) in [6.45, 7) is 4.33. The molecule has 0 aliphatic carbocycles. The molecule has 0 fully saturated rings. The van der Waals surface area contributed by atoms with Gasteiger partial charge in [0.05, 0.1) is 5.69 Å². The minimum Gasteiger partial charge on any atom is -0.326 e. The molecule has 0 amide bonds. The highest BCUT2D eigenvalue weighted by Gasteiger charge is 2.06. The molecule has 0 aliphatic rings. The van der Waals surface area contributed by atoms with Gasteiger partial charge >= 0.3 is 0 Å². The number of nitrogens with two attached hydrogens (primary N) is 1. The predicted molar refractivity (Wildman–Crippen MR) is 69.4 cm³/mol. The van der Waals surface area contributed by atoms with E-state index in [1.807, 2.05) is 38.1 Å². The summed E-state index contributed by atoms with van der Waals surface area (Å²) in [5, 5.41) is 0. The van der Waals surface area contributed by atoms with E-state index in [1.54, 1.807) is 16.8 Å². The number of hydrogen-bond donors (Lipinski definition) is 1. The number of hydrogen-bond acceptors (Lipinski definition) is 2. The summed E-state index contributed by atoms with van der Waals surface area (Å²) in [6.07, 6.45) is 1.78. The number of rotatable bonds is 2. The Bertz CT molecular complexity index is 599. The molecule has 1 aromatic carbocycles. The van der Waals surface area contributed by atoms with Crippen LogP contribution in [0.2, 0.25) is 0 Å². The molecule has 1 aromatic heterocycles. The number of benzene rings is 1. The molecular formula is C14H16N2O. The maximum absolute atomic E-state index is 12.1. The van der Waals surface area contributed by atoms with Crippen molar-refractivity contribution in [1.82, 2.24) is 4.57 Å². The monoisotopic (exact) mass is 228 g/mol. The molecule has 0 spiro atoms. The van der Waals surface area contributed by atoms with E-state index in [-0.39, 0.29) is 12.1 Å². The lowest BCUT2D eigenvalue weighted by Gasteiger charge is -2.11. The molecule has 3 nitrogen and oxygen atoms in total. The Morgan fingerprint density at radius 2 is 1.94 bits per heavy atom. The van der Waals surface area contributed by atoms with Crippen LogP contribution in [0, 0.1) is 13.8 Å². The van der Waals surface area contributed by atoms with Crippen molar-refractivity contribution in [2.24, 2.45) is 5.73 Å². The molecule has 0 saturated heterocycles. The van der Waals surface area contributed by atoms with Crippen molar-refractivity contribution in [3.8, 4) is 5.69 Å². The molecule has 2 aromatic rings. The highest BCUT2D eigenvalue weighted by molar-refractivity contribution is 5.45. The van der Waals surface area contributed by atoms with Gasteiger partial charge in [-0.2, -0.15) is 0 Å². The Hall–Kier alpha value is -1.87. The Balaban J connectivity index is 2.69. The molecular weight excluding hydrogens is 212 g/mol. The molecule has 0 aliphatic heterocycles. The van der Waals surface area contributed by atoms with Crippen LogP contribution in [0.1, 0.15) is 16.7 Å². The average molecular weight is 228 g/mol. The lowest BCUT2D eigenvalue weighted by molar-refractivity contribution is 0.916. The first-order valence-corrected chi connectivity index (χ1v) is 5.62. The molecule has 0 atom stereocenters. The topological polar surface area (TPSA) is 48.0 Å². The van der Waals surface area contributed by atoms with Crippen molar-refractivity contribution in [3.63, 3.8) is 0 Å². The third kappa shape index (κ3) is 2.01. The van der Waals surface area contributed by atoms with Crippen LogP contribution in [-0.2, 0) is 6.54 Å². The summed E-state index contributed by atoms with van der Waals surface area (Å²) in [5.41, 5.74) is 9.36. The van der Waals surface area contributed by atoms with E-state index in [4.69, 9.17) is 5.73 Å². The van der Waals surface area contributed by atoms with E-state index in [2.05, 4.69) is 0 Å². The van der Waals surface area contributed by atoms with E-state index in [1.165, 1.54) is 5.56 Å². The number of pyridine rings is 1. The standard InChI is InChI=1S/C14H16N2O/c1-10-5-3-7-13(11(10)2)16-8-4-6-12(9-15)14(16)17/h3-8H,9,15H2,1-2H3. The van der Waals surface area contributed by atoms with Crippen molar-refractivity contribution in [1.29, 1.82) is 0 Å². The zero-order chi connectivity index (χ0) is 12.4. The third-order valence-electron chi connectivity index (χ3n) is 3.08. The summed E-state index contributed by atoms with van der Waals surface area (Å²) >= 11 is 0. The van der Waals surface area contributed by atoms with Crippen LogP contribution in [-0.4, -0.2) is 4.57 Å². The zero-order valence-corrected chi connectivity index (χ0v) is 10.1. The molecule has 0 radical (unpaired) electrons. The van der Waals surface area contributed by atoms with Gasteiger partial charge in [-0.15, -0.1) is 0 Å². The van der Waals surface area contributed by atoms with Gasteiger partial charge in [-0.1, -0.05) is 18.2 Å². The van der Waals surface area contributed by atoms with Crippen LogP contribution in [0.15, 0.2) is 41.3 Å². The summed E-state index contributed by atoms with van der Waals surface area (Å²) < 4.78 is 1.66. The van der Waals surface area contributed by atoms with Gasteiger partial charge in [-0.25, -0.2) is 0 Å². The van der Waals surface area contributed by atoms with Gasteiger partial charge in [0.15, 0.2) is 0 Å². The lowest BCUT2D eigenvalue weighted by Crippen LogP contribution is -2.23. The van der Waals surface area contributed by atoms with E-state index in [9.17, 15) is 4.79 Å². The van der Waals surface area contributed by atoms with Crippen molar-refractivity contribution in [3.05, 3.63) is 63.6 Å². The summed E-state index contributed by atoms with van der Waals surface area (Å²) in [7, 11) is 0. The first-order valence-electron chi connectivity index (χ1n) is 5.62. The van der Waals surface area contributed by atoms with Crippen LogP contribution in [0.4, 0.5) is 0 Å². The fraction of sp³-hybridized carbons (Fsp3) is 0.214. The van der Waals surface area contributed by atoms with Crippen molar-refractivity contribution in [2.75, 3.05) is 0 Å². The van der Waals surface area contributed by atoms with Crippen LogP contribution in [0.25, 0.3) is 5.69 Å². The Kier molecular flexibility index (Phi) is 3.11. The lowest BCUT2D eigenvalue weighted by atomic mass is 10.1. The molecule has 88 valence electrons. The van der Waals surface area contributed by atoms with Crippen LogP contribution in [0.5, 0.6) is 0 Å². The van der Waals surface area contributed by atoms with Crippen LogP contribution in [0.3, 0.4) is 0 Å². The maximum atomic E-state index is 12.1. The third-order valence-corrected chi connectivity index (χ3v) is 3.08. The fourth-order valence-electron chi connectivity index (χ4n) is 1.88. The Labute approximate surface area is 101 Å². The van der Waals surface area contributed by atoms with Crippen molar-refractivity contribution < 1.29 is 0 Å². The molecule has 1 heterocycles. The van der Waals surface area contributed by atoms with Gasteiger partial charge < -0.3 is 5.73 Å². The van der Waals surface area contributed by atoms with E-state index in [0.717, 1.165) is 11.3 Å². The van der Waals surface area contributed by atoms with Crippen LogP contribution < -0.4 is 11.3 Å². The largest absolute Gasteiger partial charge is 0.326 e. The van der Waals surface area contributed by atoms with E-state index >= 15 is 0 Å². The van der Waals surface area contributed by atoms with Gasteiger partial charge in [0.1, 0.15) is 0 Å². The highest BCUT2D eigenvalue weighted by atomic mass is 16.1. The Morgan fingerprint density at radius 3 is 2.65 bits per heavy atom. The van der Waals surface area contributed by atoms with Crippen molar-refractivity contribution in [2.45, 2.75) is 20.4 Å². The van der Waals surface area contributed by atoms with Gasteiger partial charge in [0.25, 0.3) is 5.56 Å². The normalized spacial score (nSPS) is 10.5. The first-order chi connectivity index (χ1) is 8.15. The predicted octanol–water partition coefficient (Wildman–Crippen LogP) is 1.91. The molecule has 2 rings (SSSR count). The first kappa shape index (κ1) is 11.6. The van der Waals surface area contributed by atoms with Gasteiger partial charge in [0, 0.05) is 18.3 Å². The van der Waals surface area contributed by atoms with Crippen molar-refractivity contribution >= 4 is 0 Å². The van der Waals surface area contributed by atoms with Gasteiger partial charge in [-0.3, -0.25) is 9.36 Å². The number of aryl methyl sites for hydroxylation is 1. The number of nitrogens with zero attached hydrogens (tertiary/aromatic N) is 1. The second-order valence-electron chi connectivity index (χ2n) is 4.13.